The molecule has 0 unspecified atom stereocenters. The number of carbonyl (C=O) groups excluding carboxylic acids is 2. The van der Waals surface area contributed by atoms with Crippen molar-refractivity contribution in [1.29, 1.82) is 0 Å². The van der Waals surface area contributed by atoms with Gasteiger partial charge in [0.2, 0.25) is 5.91 Å². The van der Waals surface area contributed by atoms with Gasteiger partial charge in [0.05, 0.1) is 11.1 Å². The Hall–Kier alpha value is -3.69. The van der Waals surface area contributed by atoms with E-state index in [1.807, 2.05) is 13.8 Å². The van der Waals surface area contributed by atoms with Gasteiger partial charge < -0.3 is 10.2 Å². The van der Waals surface area contributed by atoms with Crippen molar-refractivity contribution in [2.75, 3.05) is 18.4 Å². The van der Waals surface area contributed by atoms with Crippen LogP contribution in [0.5, 0.6) is 0 Å². The van der Waals surface area contributed by atoms with Gasteiger partial charge in [0, 0.05) is 18.5 Å². The molecule has 0 fully saturated rings. The Balaban J connectivity index is 1.91. The lowest BCUT2D eigenvalue weighted by molar-refractivity contribution is -0.116. The van der Waals surface area contributed by atoms with Crippen molar-refractivity contribution in [2.24, 2.45) is 0 Å². The van der Waals surface area contributed by atoms with E-state index in [0.717, 1.165) is 25.3 Å². The van der Waals surface area contributed by atoms with E-state index in [2.05, 4.69) is 10.4 Å². The Morgan fingerprint density at radius 2 is 1.69 bits per heavy atom. The number of hydrogen-bond acceptors (Lipinski definition) is 4. The Morgan fingerprint density at radius 1 is 0.971 bits per heavy atom. The van der Waals surface area contributed by atoms with Crippen LogP contribution in [0.3, 0.4) is 0 Å². The molecular weight excluding hydrogens is 461 g/mol. The van der Waals surface area contributed by atoms with Crippen LogP contribution in [0.15, 0.2) is 41.2 Å². The molecule has 0 spiro atoms. The van der Waals surface area contributed by atoms with Crippen molar-refractivity contribution >= 4 is 28.3 Å². The molecule has 0 saturated carbocycles. The van der Waals surface area contributed by atoms with Crippen LogP contribution in [0.25, 0.3) is 10.8 Å². The summed E-state index contributed by atoms with van der Waals surface area (Å²) in [5, 5.41) is 7.21. The van der Waals surface area contributed by atoms with E-state index in [-0.39, 0.29) is 17.8 Å². The maximum Gasteiger partial charge on any atom is 0.275 e. The third kappa shape index (κ3) is 5.87. The van der Waals surface area contributed by atoms with E-state index in [0.29, 0.717) is 29.8 Å². The highest BCUT2D eigenvalue weighted by atomic mass is 19.2. The van der Waals surface area contributed by atoms with Gasteiger partial charge in [-0.25, -0.2) is 17.9 Å². The predicted octanol–water partition coefficient (Wildman–Crippen LogP) is 4.49. The molecule has 7 nitrogen and oxygen atoms in total. The molecule has 35 heavy (non-hydrogen) atoms. The average Bonchev–Trinajstić information content (AvgIpc) is 2.85. The number of anilines is 1. The van der Waals surface area contributed by atoms with Crippen LogP contribution >= 0.6 is 0 Å². The summed E-state index contributed by atoms with van der Waals surface area (Å²) in [7, 11) is 0. The van der Waals surface area contributed by atoms with E-state index < -0.39 is 41.5 Å². The number of hydrogen-bond donors (Lipinski definition) is 1. The molecule has 186 valence electrons. The number of carbonyl (C=O) groups is 2. The molecule has 0 saturated heterocycles. The Bertz CT molecular complexity index is 1290. The van der Waals surface area contributed by atoms with Crippen LogP contribution in [0.1, 0.15) is 50.0 Å². The van der Waals surface area contributed by atoms with Crippen LogP contribution in [0.2, 0.25) is 0 Å². The van der Waals surface area contributed by atoms with Crippen LogP contribution < -0.4 is 10.9 Å². The van der Waals surface area contributed by atoms with Crippen molar-refractivity contribution in [1.82, 2.24) is 14.7 Å². The third-order valence-corrected chi connectivity index (χ3v) is 5.47. The number of nitrogens with zero attached hydrogens (tertiary/aromatic N) is 3. The van der Waals surface area contributed by atoms with Gasteiger partial charge in [-0.05, 0) is 31.0 Å². The zero-order valence-corrected chi connectivity index (χ0v) is 19.6. The largest absolute Gasteiger partial charge is 0.328 e. The van der Waals surface area contributed by atoms with Crippen LogP contribution in [-0.2, 0) is 11.3 Å². The second kappa shape index (κ2) is 11.6. The lowest BCUT2D eigenvalue weighted by atomic mass is 10.1. The highest BCUT2D eigenvalue weighted by molar-refractivity contribution is 6.06. The minimum absolute atomic E-state index is 0.0250. The molecule has 3 aromatic rings. The molecule has 1 aromatic heterocycles. The second-order valence-electron chi connectivity index (χ2n) is 8.13. The van der Waals surface area contributed by atoms with Gasteiger partial charge in [-0.15, -0.1) is 0 Å². The van der Waals surface area contributed by atoms with Crippen molar-refractivity contribution < 1.29 is 22.8 Å². The zero-order chi connectivity index (χ0) is 25.5. The number of halogens is 3. The topological polar surface area (TPSA) is 84.3 Å². The lowest BCUT2D eigenvalue weighted by Crippen LogP contribution is -2.40. The highest BCUT2D eigenvalue weighted by Crippen LogP contribution is 2.20. The zero-order valence-electron chi connectivity index (χ0n) is 19.6. The number of rotatable bonds is 10. The van der Waals surface area contributed by atoms with E-state index in [1.54, 1.807) is 24.3 Å². The number of unbranched alkanes of at least 4 members (excludes halogenated alkanes) is 2. The number of fused-ring (bicyclic) bond motifs is 1. The number of aromatic nitrogens is 2. The molecule has 0 aliphatic rings. The summed E-state index contributed by atoms with van der Waals surface area (Å²) in [5.41, 5.74) is -0.815. The van der Waals surface area contributed by atoms with Crippen molar-refractivity contribution in [3.05, 3.63) is 69.9 Å². The van der Waals surface area contributed by atoms with Gasteiger partial charge >= 0.3 is 0 Å². The van der Waals surface area contributed by atoms with Crippen molar-refractivity contribution in [3.8, 4) is 0 Å². The molecule has 2 amide bonds. The van der Waals surface area contributed by atoms with Crippen LogP contribution in [0, 0.1) is 17.5 Å². The predicted molar refractivity (Wildman–Crippen MR) is 127 cm³/mol. The molecule has 0 bridgehead atoms. The van der Waals surface area contributed by atoms with Gasteiger partial charge in [-0.1, -0.05) is 44.9 Å². The van der Waals surface area contributed by atoms with E-state index in [1.165, 1.54) is 9.58 Å². The molecule has 0 aliphatic carbocycles. The monoisotopic (exact) mass is 488 g/mol. The fourth-order valence-corrected chi connectivity index (χ4v) is 3.71. The standard InChI is InChI=1S/C25H27F3N4O3/c1-3-5-8-14-32-24(34)17-10-7-6-9-16(17)23(30-32)25(35)31(13-4-2)15-20(33)29-19-12-11-18(26)21(27)22(19)28/h6-7,9-12H,3-5,8,13-15H2,1-2H3,(H,29,33). The first-order chi connectivity index (χ1) is 16.8. The lowest BCUT2D eigenvalue weighted by Gasteiger charge is -2.22. The van der Waals surface area contributed by atoms with E-state index in [9.17, 15) is 27.6 Å². The summed E-state index contributed by atoms with van der Waals surface area (Å²) in [6.07, 6.45) is 3.07. The van der Waals surface area contributed by atoms with Gasteiger partial charge in [0.25, 0.3) is 11.5 Å². The van der Waals surface area contributed by atoms with Gasteiger partial charge in [-0.3, -0.25) is 14.4 Å². The van der Waals surface area contributed by atoms with Gasteiger partial charge in [0.15, 0.2) is 23.1 Å². The second-order valence-corrected chi connectivity index (χ2v) is 8.13. The fourth-order valence-electron chi connectivity index (χ4n) is 3.71. The summed E-state index contributed by atoms with van der Waals surface area (Å²) >= 11 is 0. The van der Waals surface area contributed by atoms with Crippen LogP contribution in [-0.4, -0.2) is 39.6 Å². The first-order valence-corrected chi connectivity index (χ1v) is 11.5. The quantitative estimate of drug-likeness (QED) is 0.337. The molecule has 10 heteroatoms. The highest BCUT2D eigenvalue weighted by Gasteiger charge is 2.24. The maximum atomic E-state index is 14.0. The number of nitrogens with one attached hydrogen (secondary N) is 1. The first-order valence-electron chi connectivity index (χ1n) is 11.5. The molecule has 0 atom stereocenters. The van der Waals surface area contributed by atoms with Crippen molar-refractivity contribution in [2.45, 2.75) is 46.1 Å². The fraction of sp³-hybridized carbons (Fsp3) is 0.360. The summed E-state index contributed by atoms with van der Waals surface area (Å²) < 4.78 is 41.9. The van der Waals surface area contributed by atoms with Crippen molar-refractivity contribution in [3.63, 3.8) is 0 Å². The Kier molecular flexibility index (Phi) is 8.62. The van der Waals surface area contributed by atoms with Gasteiger partial charge in [0.1, 0.15) is 6.54 Å². The maximum absolute atomic E-state index is 14.0. The molecular formula is C25H27F3N4O3. The number of amides is 2. The minimum atomic E-state index is -1.70. The Labute approximate surface area is 200 Å². The Morgan fingerprint density at radius 3 is 2.37 bits per heavy atom. The van der Waals surface area contributed by atoms with Crippen LogP contribution in [0.4, 0.5) is 18.9 Å². The first kappa shape index (κ1) is 25.9. The summed E-state index contributed by atoms with van der Waals surface area (Å²) in [6.45, 7) is 3.89. The average molecular weight is 489 g/mol. The summed E-state index contributed by atoms with van der Waals surface area (Å²) in [4.78, 5) is 40.2. The molecule has 3 rings (SSSR count). The SMILES string of the molecule is CCCCCn1nc(C(=O)N(CCC)CC(=O)Nc2ccc(F)c(F)c2F)c2ccccc2c1=O. The third-order valence-electron chi connectivity index (χ3n) is 5.47. The van der Waals surface area contributed by atoms with Gasteiger partial charge in [-0.2, -0.15) is 5.10 Å². The molecule has 2 aromatic carbocycles. The van der Waals surface area contributed by atoms with E-state index in [4.69, 9.17) is 0 Å². The number of benzene rings is 2. The summed E-state index contributed by atoms with van der Waals surface area (Å²) in [6, 6.07) is 8.22. The smallest absolute Gasteiger partial charge is 0.275 e. The summed E-state index contributed by atoms with van der Waals surface area (Å²) in [5.74, 6) is -5.98. The molecule has 1 N–H and O–H groups in total. The number of aryl methyl sites for hydroxylation is 1. The molecule has 1 heterocycles. The van der Waals surface area contributed by atoms with E-state index >= 15 is 0 Å². The molecule has 0 radical (unpaired) electrons. The minimum Gasteiger partial charge on any atom is -0.328 e. The molecule has 0 aliphatic heterocycles. The normalized spacial score (nSPS) is 11.0.